The summed E-state index contributed by atoms with van der Waals surface area (Å²) in [6, 6.07) is 9.12. The molecule has 0 saturated heterocycles. The maximum absolute atomic E-state index is 12.9. The highest BCUT2D eigenvalue weighted by Gasteiger charge is 2.18. The fraction of sp³-hybridized carbons (Fsp3) is 0.111. The van der Waals surface area contributed by atoms with E-state index in [1.54, 1.807) is 37.3 Å². The molecule has 6 heteroatoms. The molecule has 0 unspecified atom stereocenters. The van der Waals surface area contributed by atoms with Crippen LogP contribution in [0.25, 0.3) is 23.1 Å². The van der Waals surface area contributed by atoms with Crippen molar-refractivity contribution in [1.29, 1.82) is 0 Å². The van der Waals surface area contributed by atoms with Crippen LogP contribution < -0.4 is 0 Å². The summed E-state index contributed by atoms with van der Waals surface area (Å²) in [5.41, 5.74) is 1.94. The zero-order valence-electron chi connectivity index (χ0n) is 12.9. The number of hydrogen-bond donors (Lipinski definition) is 2. The molecule has 0 fully saturated rings. The topological polar surface area (TPSA) is 75.2 Å². The molecule has 1 aromatic heterocycles. The molecule has 0 amide bonds. The number of esters is 1. The molecule has 0 aliphatic heterocycles. The number of hydrogen-bond acceptors (Lipinski definition) is 4. The Kier molecular flexibility index (Phi) is 4.29. The van der Waals surface area contributed by atoms with Crippen molar-refractivity contribution in [2.24, 2.45) is 0 Å². The number of halogens is 1. The van der Waals surface area contributed by atoms with Crippen LogP contribution >= 0.6 is 0 Å². The van der Waals surface area contributed by atoms with Gasteiger partial charge < -0.3 is 9.84 Å². The van der Waals surface area contributed by atoms with Crippen molar-refractivity contribution in [3.05, 3.63) is 59.0 Å². The molecule has 0 saturated carbocycles. The SMILES string of the molecule is CCOC(=O)c1ccc2[nH]nc(C=Cc3ccc(F)cc3)c2c1O. The smallest absolute Gasteiger partial charge is 0.341 e. The molecule has 0 radical (unpaired) electrons. The molecule has 0 atom stereocenters. The quantitative estimate of drug-likeness (QED) is 0.716. The van der Waals surface area contributed by atoms with Crippen molar-refractivity contribution < 1.29 is 19.0 Å². The largest absolute Gasteiger partial charge is 0.506 e. The van der Waals surface area contributed by atoms with E-state index in [2.05, 4.69) is 10.2 Å². The minimum Gasteiger partial charge on any atom is -0.506 e. The van der Waals surface area contributed by atoms with Crippen molar-refractivity contribution in [3.63, 3.8) is 0 Å². The van der Waals surface area contributed by atoms with Crippen molar-refractivity contribution in [2.45, 2.75) is 6.92 Å². The van der Waals surface area contributed by atoms with Gasteiger partial charge in [-0.2, -0.15) is 5.10 Å². The van der Waals surface area contributed by atoms with Gasteiger partial charge in [0.05, 0.1) is 23.2 Å². The van der Waals surface area contributed by atoms with Crippen LogP contribution in [0.2, 0.25) is 0 Å². The summed E-state index contributed by atoms with van der Waals surface area (Å²) in [5, 5.41) is 17.8. The van der Waals surface area contributed by atoms with Gasteiger partial charge in [0.1, 0.15) is 17.1 Å². The van der Waals surface area contributed by atoms with Crippen molar-refractivity contribution >= 4 is 29.0 Å². The third-order valence-corrected chi connectivity index (χ3v) is 3.53. The summed E-state index contributed by atoms with van der Waals surface area (Å²) in [5.74, 6) is -1.08. The van der Waals surface area contributed by atoms with E-state index in [0.717, 1.165) is 5.56 Å². The second-order valence-corrected chi connectivity index (χ2v) is 5.10. The van der Waals surface area contributed by atoms with E-state index in [1.807, 2.05) is 0 Å². The van der Waals surface area contributed by atoms with Gasteiger partial charge in [-0.05, 0) is 42.8 Å². The van der Waals surface area contributed by atoms with E-state index in [4.69, 9.17) is 4.74 Å². The number of benzene rings is 2. The van der Waals surface area contributed by atoms with Crippen LogP contribution in [-0.4, -0.2) is 27.9 Å². The third kappa shape index (κ3) is 2.99. The van der Waals surface area contributed by atoms with Gasteiger partial charge in [0.15, 0.2) is 0 Å². The number of rotatable bonds is 4. The fourth-order valence-electron chi connectivity index (χ4n) is 2.36. The second kappa shape index (κ2) is 6.54. The van der Waals surface area contributed by atoms with Crippen LogP contribution in [0.4, 0.5) is 4.39 Å². The molecular formula is C18H15FN2O3. The molecule has 2 N–H and O–H groups in total. The molecule has 122 valence electrons. The van der Waals surface area contributed by atoms with Crippen molar-refractivity contribution in [3.8, 4) is 5.75 Å². The number of nitrogens with one attached hydrogen (secondary N) is 1. The maximum atomic E-state index is 12.9. The molecule has 0 aliphatic rings. The minimum absolute atomic E-state index is 0.0854. The lowest BCUT2D eigenvalue weighted by Gasteiger charge is -2.05. The number of phenols is 1. The first-order valence-corrected chi connectivity index (χ1v) is 7.41. The summed E-state index contributed by atoms with van der Waals surface area (Å²) in [4.78, 5) is 11.9. The number of aromatic hydroxyl groups is 1. The molecule has 0 spiro atoms. The molecular weight excluding hydrogens is 311 g/mol. The average Bonchev–Trinajstić information content (AvgIpc) is 2.99. The Hall–Kier alpha value is -3.15. The van der Waals surface area contributed by atoms with Gasteiger partial charge >= 0.3 is 5.97 Å². The number of ether oxygens (including phenoxy) is 1. The fourth-order valence-corrected chi connectivity index (χ4v) is 2.36. The van der Waals surface area contributed by atoms with Crippen LogP contribution in [0.15, 0.2) is 36.4 Å². The van der Waals surface area contributed by atoms with Crippen LogP contribution in [0, 0.1) is 5.82 Å². The lowest BCUT2D eigenvalue weighted by Crippen LogP contribution is -2.04. The van der Waals surface area contributed by atoms with Gasteiger partial charge in [0.2, 0.25) is 0 Å². The Balaban J connectivity index is 2.01. The molecule has 0 bridgehead atoms. The zero-order valence-corrected chi connectivity index (χ0v) is 12.9. The Labute approximate surface area is 137 Å². The van der Waals surface area contributed by atoms with Gasteiger partial charge in [-0.15, -0.1) is 0 Å². The van der Waals surface area contributed by atoms with Crippen LogP contribution in [0.5, 0.6) is 5.75 Å². The number of carbonyl (C=O) groups is 1. The van der Waals surface area contributed by atoms with Crippen molar-refractivity contribution in [2.75, 3.05) is 6.61 Å². The normalized spacial score (nSPS) is 11.2. The van der Waals surface area contributed by atoms with Gasteiger partial charge in [-0.3, -0.25) is 5.10 Å². The number of aromatic nitrogens is 2. The lowest BCUT2D eigenvalue weighted by molar-refractivity contribution is 0.0523. The van der Waals surface area contributed by atoms with E-state index >= 15 is 0 Å². The molecule has 3 rings (SSSR count). The number of phenolic OH excluding ortho intramolecular Hbond substituents is 1. The molecule has 0 aliphatic carbocycles. The van der Waals surface area contributed by atoms with E-state index in [1.165, 1.54) is 18.2 Å². The van der Waals surface area contributed by atoms with Crippen LogP contribution in [0.1, 0.15) is 28.5 Å². The van der Waals surface area contributed by atoms with Gasteiger partial charge in [-0.25, -0.2) is 9.18 Å². The number of H-pyrrole nitrogens is 1. The number of fused-ring (bicyclic) bond motifs is 1. The Morgan fingerprint density at radius 2 is 2.00 bits per heavy atom. The standard InChI is InChI=1S/C18H15FN2O3/c1-2-24-18(23)13-8-10-15-16(17(13)22)14(20-21-15)9-5-11-3-6-12(19)7-4-11/h3-10,22H,2H2,1H3,(H,20,21). The van der Waals surface area contributed by atoms with E-state index in [9.17, 15) is 14.3 Å². The van der Waals surface area contributed by atoms with Crippen molar-refractivity contribution in [1.82, 2.24) is 10.2 Å². The highest BCUT2D eigenvalue weighted by Crippen LogP contribution is 2.31. The van der Waals surface area contributed by atoms with Gasteiger partial charge in [0.25, 0.3) is 0 Å². The predicted octanol–water partition coefficient (Wildman–Crippen LogP) is 3.75. The molecule has 2 aromatic carbocycles. The molecule has 5 nitrogen and oxygen atoms in total. The summed E-state index contributed by atoms with van der Waals surface area (Å²) >= 11 is 0. The van der Waals surface area contributed by atoms with Crippen LogP contribution in [-0.2, 0) is 4.74 Å². The van der Waals surface area contributed by atoms with E-state index in [-0.39, 0.29) is 23.7 Å². The van der Waals surface area contributed by atoms with E-state index in [0.29, 0.717) is 16.6 Å². The summed E-state index contributed by atoms with van der Waals surface area (Å²) in [6.45, 7) is 1.92. The highest BCUT2D eigenvalue weighted by molar-refractivity contribution is 6.03. The summed E-state index contributed by atoms with van der Waals surface area (Å²) < 4.78 is 17.9. The summed E-state index contributed by atoms with van der Waals surface area (Å²) in [6.07, 6.45) is 3.42. The Morgan fingerprint density at radius 3 is 2.71 bits per heavy atom. The Morgan fingerprint density at radius 1 is 1.25 bits per heavy atom. The first kappa shape index (κ1) is 15.7. The number of aromatic amines is 1. The van der Waals surface area contributed by atoms with Gasteiger partial charge in [0, 0.05) is 0 Å². The number of carbonyl (C=O) groups excluding carboxylic acids is 1. The lowest BCUT2D eigenvalue weighted by atomic mass is 10.1. The first-order chi connectivity index (χ1) is 11.6. The predicted molar refractivity (Wildman–Crippen MR) is 89.0 cm³/mol. The summed E-state index contributed by atoms with van der Waals surface area (Å²) in [7, 11) is 0. The average molecular weight is 326 g/mol. The molecule has 24 heavy (non-hydrogen) atoms. The maximum Gasteiger partial charge on any atom is 0.341 e. The van der Waals surface area contributed by atoms with Crippen LogP contribution in [0.3, 0.4) is 0 Å². The molecule has 1 heterocycles. The second-order valence-electron chi connectivity index (χ2n) is 5.10. The Bertz CT molecular complexity index is 914. The monoisotopic (exact) mass is 326 g/mol. The van der Waals surface area contributed by atoms with E-state index < -0.39 is 5.97 Å². The third-order valence-electron chi connectivity index (χ3n) is 3.53. The number of nitrogens with zero attached hydrogens (tertiary/aromatic N) is 1. The van der Waals surface area contributed by atoms with Gasteiger partial charge in [-0.1, -0.05) is 18.2 Å². The highest BCUT2D eigenvalue weighted by atomic mass is 19.1. The first-order valence-electron chi connectivity index (χ1n) is 7.41. The molecule has 3 aromatic rings. The minimum atomic E-state index is -0.591. The zero-order chi connectivity index (χ0) is 17.1.